The van der Waals surface area contributed by atoms with Gasteiger partial charge in [-0.05, 0) is 90.3 Å². The van der Waals surface area contributed by atoms with Gasteiger partial charge in [0.2, 0.25) is 0 Å². The molecule has 0 amide bonds. The van der Waals surface area contributed by atoms with Crippen molar-refractivity contribution in [1.29, 1.82) is 0 Å². The van der Waals surface area contributed by atoms with Crippen LogP contribution in [0.1, 0.15) is 106 Å². The number of carbonyl (C=O) groups excluding carboxylic acids is 1. The van der Waals surface area contributed by atoms with Crippen LogP contribution < -0.4 is 0 Å². The van der Waals surface area contributed by atoms with Crippen molar-refractivity contribution < 1.29 is 9.53 Å². The zero-order chi connectivity index (χ0) is 23.5. The molecule has 0 saturated heterocycles. The summed E-state index contributed by atoms with van der Waals surface area (Å²) in [6, 6.07) is 0. The van der Waals surface area contributed by atoms with E-state index in [0.717, 1.165) is 41.9 Å². The Kier molecular flexibility index (Phi) is 6.43. The van der Waals surface area contributed by atoms with E-state index in [2.05, 4.69) is 54.5 Å². The van der Waals surface area contributed by atoms with Crippen LogP contribution in [0.15, 0.2) is 11.6 Å². The zero-order valence-electron chi connectivity index (χ0n) is 22.3. The number of carbonyl (C=O) groups is 1. The van der Waals surface area contributed by atoms with Gasteiger partial charge in [0.15, 0.2) is 0 Å². The monoisotopic (exact) mass is 442 g/mol. The molecule has 0 heterocycles. The fourth-order valence-corrected chi connectivity index (χ4v) is 9.77. The number of allylic oxidation sites excluding steroid dienone is 2. The lowest BCUT2D eigenvalue weighted by Crippen LogP contribution is -2.49. The molecule has 0 N–H and O–H groups in total. The van der Waals surface area contributed by atoms with E-state index in [1.165, 1.54) is 51.4 Å². The van der Waals surface area contributed by atoms with Gasteiger partial charge >= 0.3 is 5.97 Å². The van der Waals surface area contributed by atoms with Gasteiger partial charge in [-0.15, -0.1) is 0 Å². The smallest absolute Gasteiger partial charge is 0.309 e. The number of esters is 1. The van der Waals surface area contributed by atoms with Crippen LogP contribution in [-0.2, 0) is 9.53 Å². The Morgan fingerprint density at radius 3 is 2.44 bits per heavy atom. The first-order valence-electron chi connectivity index (χ1n) is 13.8. The quantitative estimate of drug-likeness (QED) is 0.307. The first-order chi connectivity index (χ1) is 15.0. The van der Waals surface area contributed by atoms with Crippen molar-refractivity contribution in [2.24, 2.45) is 57.7 Å². The van der Waals surface area contributed by atoms with Crippen LogP contribution in [0.5, 0.6) is 0 Å². The largest absolute Gasteiger partial charge is 0.469 e. The highest BCUT2D eigenvalue weighted by molar-refractivity contribution is 5.75. The van der Waals surface area contributed by atoms with Gasteiger partial charge < -0.3 is 4.74 Å². The van der Waals surface area contributed by atoms with E-state index < -0.39 is 0 Å². The number of ether oxygens (including phenoxy) is 1. The molecule has 0 bridgehead atoms. The maximum absolute atomic E-state index is 12.7. The van der Waals surface area contributed by atoms with E-state index in [1.807, 2.05) is 0 Å². The Morgan fingerprint density at radius 1 is 1.06 bits per heavy atom. The zero-order valence-corrected chi connectivity index (χ0v) is 22.3. The minimum atomic E-state index is -0.0727. The lowest BCUT2D eigenvalue weighted by molar-refractivity contribution is -0.148. The van der Waals surface area contributed by atoms with Crippen molar-refractivity contribution in [2.75, 3.05) is 7.11 Å². The summed E-state index contributed by atoms with van der Waals surface area (Å²) in [6.07, 6.45) is 14.6. The maximum atomic E-state index is 12.7. The van der Waals surface area contributed by atoms with Crippen molar-refractivity contribution in [3.05, 3.63) is 11.6 Å². The standard InChI is InChI=1S/C30H50O2/c1-19(2)10-9-11-20(3)22-13-14-23-21-12-15-26-28(4,5)25(27(31)32-8)18-30(26,7)24(21)16-17-29(22,23)6/h15,19-25H,9-14,16-18H2,1-8H3/t20-,21-,22+,23+,24-,25-,29-,30-/m1/s1. The Morgan fingerprint density at radius 2 is 1.78 bits per heavy atom. The fraction of sp³-hybridized carbons (Fsp3) is 0.900. The highest BCUT2D eigenvalue weighted by Crippen LogP contribution is 2.71. The normalized spacial score (nSPS) is 43.3. The molecule has 0 radical (unpaired) electrons. The lowest BCUT2D eigenvalue weighted by atomic mass is 9.48. The summed E-state index contributed by atoms with van der Waals surface area (Å²) in [4.78, 5) is 12.7. The molecule has 0 spiro atoms. The fourth-order valence-electron chi connectivity index (χ4n) is 9.77. The summed E-state index contributed by atoms with van der Waals surface area (Å²) in [7, 11) is 1.56. The van der Waals surface area contributed by atoms with Gasteiger partial charge in [-0.25, -0.2) is 0 Å². The van der Waals surface area contributed by atoms with Crippen LogP contribution in [-0.4, -0.2) is 13.1 Å². The van der Waals surface area contributed by atoms with Crippen molar-refractivity contribution in [2.45, 2.75) is 106 Å². The van der Waals surface area contributed by atoms with Crippen LogP contribution in [0.4, 0.5) is 0 Å². The van der Waals surface area contributed by atoms with E-state index in [1.54, 1.807) is 12.7 Å². The number of rotatable bonds is 6. The Labute approximate surface area is 198 Å². The first kappa shape index (κ1) is 24.3. The predicted octanol–water partition coefficient (Wildman–Crippen LogP) is 8.06. The molecule has 0 aromatic rings. The third-order valence-corrected chi connectivity index (χ3v) is 11.3. The van der Waals surface area contributed by atoms with Crippen LogP contribution in [0, 0.1) is 57.7 Å². The highest BCUT2D eigenvalue weighted by atomic mass is 16.5. The SMILES string of the molecule is COC(=O)[C@H]1C[C@@]2(C)C(=CC[C@H]3[C@H]2CC[C@@]2(C)[C@H]3CC[C@H]2[C@H](C)CCCC(C)C)C1(C)C. The Bertz CT molecular complexity index is 748. The number of methoxy groups -OCH3 is 1. The van der Waals surface area contributed by atoms with Crippen molar-refractivity contribution >= 4 is 5.97 Å². The number of fused-ring (bicyclic) bond motifs is 5. The molecule has 0 aromatic heterocycles. The molecule has 4 rings (SSSR count). The molecule has 8 atom stereocenters. The average Bonchev–Trinajstić information content (AvgIpc) is 3.18. The maximum Gasteiger partial charge on any atom is 0.309 e. The molecule has 3 fully saturated rings. The van der Waals surface area contributed by atoms with Crippen LogP contribution in [0.2, 0.25) is 0 Å². The predicted molar refractivity (Wildman–Crippen MR) is 133 cm³/mol. The number of hydrogen-bond acceptors (Lipinski definition) is 2. The molecular formula is C30H50O2. The minimum absolute atomic E-state index is 0.000115. The summed E-state index contributed by atoms with van der Waals surface area (Å²) < 4.78 is 5.26. The van der Waals surface area contributed by atoms with Gasteiger partial charge in [0.05, 0.1) is 13.0 Å². The third-order valence-electron chi connectivity index (χ3n) is 11.3. The minimum Gasteiger partial charge on any atom is -0.469 e. The molecule has 2 heteroatoms. The van der Waals surface area contributed by atoms with E-state index in [4.69, 9.17) is 4.74 Å². The molecule has 182 valence electrons. The first-order valence-corrected chi connectivity index (χ1v) is 13.8. The van der Waals surface area contributed by atoms with Gasteiger partial charge in [-0.1, -0.05) is 79.4 Å². The molecule has 0 aliphatic heterocycles. The molecule has 3 saturated carbocycles. The van der Waals surface area contributed by atoms with Gasteiger partial charge in [0, 0.05) is 0 Å². The van der Waals surface area contributed by atoms with Crippen molar-refractivity contribution in [1.82, 2.24) is 0 Å². The summed E-state index contributed by atoms with van der Waals surface area (Å²) >= 11 is 0. The van der Waals surface area contributed by atoms with Gasteiger partial charge in [-0.3, -0.25) is 4.79 Å². The van der Waals surface area contributed by atoms with Crippen molar-refractivity contribution in [3.8, 4) is 0 Å². The second kappa shape index (κ2) is 8.46. The van der Waals surface area contributed by atoms with Gasteiger partial charge in [-0.2, -0.15) is 0 Å². The van der Waals surface area contributed by atoms with Crippen LogP contribution >= 0.6 is 0 Å². The van der Waals surface area contributed by atoms with E-state index >= 15 is 0 Å². The summed E-state index contributed by atoms with van der Waals surface area (Å²) in [5, 5.41) is 0. The van der Waals surface area contributed by atoms with Crippen molar-refractivity contribution in [3.63, 3.8) is 0 Å². The molecule has 0 aromatic carbocycles. The second-order valence-corrected chi connectivity index (χ2v) is 13.7. The molecule has 4 aliphatic carbocycles. The van der Waals surface area contributed by atoms with Crippen LogP contribution in [0.3, 0.4) is 0 Å². The molecule has 32 heavy (non-hydrogen) atoms. The van der Waals surface area contributed by atoms with E-state index in [9.17, 15) is 4.79 Å². The Hall–Kier alpha value is -0.790. The molecular weight excluding hydrogens is 392 g/mol. The summed E-state index contributed by atoms with van der Waals surface area (Å²) in [5.74, 6) is 5.02. The van der Waals surface area contributed by atoms with Gasteiger partial charge in [0.25, 0.3) is 0 Å². The highest BCUT2D eigenvalue weighted by Gasteiger charge is 2.64. The Balaban J connectivity index is 1.54. The second-order valence-electron chi connectivity index (χ2n) is 13.7. The van der Waals surface area contributed by atoms with E-state index in [0.29, 0.717) is 5.41 Å². The van der Waals surface area contributed by atoms with Gasteiger partial charge in [0.1, 0.15) is 0 Å². The molecule has 0 unspecified atom stereocenters. The topological polar surface area (TPSA) is 26.3 Å². The molecule has 4 aliphatic rings. The van der Waals surface area contributed by atoms with Crippen LogP contribution in [0.25, 0.3) is 0 Å². The number of hydrogen-bond donors (Lipinski definition) is 0. The third kappa shape index (κ3) is 3.61. The lowest BCUT2D eigenvalue weighted by Gasteiger charge is -2.56. The molecule has 2 nitrogen and oxygen atoms in total. The summed E-state index contributed by atoms with van der Waals surface area (Å²) in [5.41, 5.74) is 2.20. The summed E-state index contributed by atoms with van der Waals surface area (Å²) in [6.45, 7) is 17.0. The van der Waals surface area contributed by atoms with E-state index in [-0.39, 0.29) is 22.7 Å². The average molecular weight is 443 g/mol.